The second-order valence-electron chi connectivity index (χ2n) is 4.68. The molecule has 0 unspecified atom stereocenters. The summed E-state index contributed by atoms with van der Waals surface area (Å²) in [5, 5.41) is 12.3. The highest BCUT2D eigenvalue weighted by molar-refractivity contribution is 7.98. The predicted molar refractivity (Wildman–Crippen MR) is 71.6 cm³/mol. The zero-order chi connectivity index (χ0) is 13.1. The lowest BCUT2D eigenvalue weighted by atomic mass is 10.1. The molecule has 0 saturated heterocycles. The molecule has 94 valence electrons. The number of nitrogens with one attached hydrogen (secondary N) is 1. The van der Waals surface area contributed by atoms with Gasteiger partial charge in [-0.05, 0) is 44.7 Å². The third kappa shape index (κ3) is 4.40. The van der Waals surface area contributed by atoms with Crippen LogP contribution in [0.4, 0.5) is 0 Å². The third-order valence-electron chi connectivity index (χ3n) is 2.37. The molecule has 0 aliphatic heterocycles. The normalized spacial score (nSPS) is 11.4. The third-order valence-corrected chi connectivity index (χ3v) is 3.10. The van der Waals surface area contributed by atoms with Crippen LogP contribution in [0.2, 0.25) is 0 Å². The van der Waals surface area contributed by atoms with Crippen molar-refractivity contribution in [3.63, 3.8) is 0 Å². The van der Waals surface area contributed by atoms with Crippen LogP contribution in [0.5, 0.6) is 0 Å². The van der Waals surface area contributed by atoms with Crippen molar-refractivity contribution in [2.24, 2.45) is 0 Å². The summed E-state index contributed by atoms with van der Waals surface area (Å²) >= 11 is 1.60. The van der Waals surface area contributed by atoms with Gasteiger partial charge in [-0.2, -0.15) is 0 Å². The van der Waals surface area contributed by atoms with E-state index in [0.717, 1.165) is 10.5 Å². The molecule has 0 radical (unpaired) electrons. The van der Waals surface area contributed by atoms with Gasteiger partial charge in [0.1, 0.15) is 0 Å². The van der Waals surface area contributed by atoms with Gasteiger partial charge in [0.2, 0.25) is 0 Å². The first-order chi connectivity index (χ1) is 7.83. The van der Waals surface area contributed by atoms with Crippen molar-refractivity contribution < 1.29 is 9.90 Å². The van der Waals surface area contributed by atoms with Crippen LogP contribution in [-0.2, 0) is 0 Å². The Bertz CT molecular complexity index is 410. The number of aliphatic hydroxyl groups is 1. The van der Waals surface area contributed by atoms with Crippen LogP contribution in [0, 0.1) is 6.92 Å². The number of rotatable bonds is 4. The second-order valence-corrected chi connectivity index (χ2v) is 5.56. The van der Waals surface area contributed by atoms with E-state index >= 15 is 0 Å². The minimum Gasteiger partial charge on any atom is -0.389 e. The maximum atomic E-state index is 11.9. The zero-order valence-corrected chi connectivity index (χ0v) is 11.5. The molecule has 1 amide bonds. The first-order valence-electron chi connectivity index (χ1n) is 5.49. The molecule has 0 aliphatic rings. The van der Waals surface area contributed by atoms with Crippen LogP contribution in [-0.4, -0.2) is 29.4 Å². The topological polar surface area (TPSA) is 49.3 Å². The molecule has 1 rings (SSSR count). The molecule has 0 saturated carbocycles. The highest BCUT2D eigenvalue weighted by atomic mass is 32.2. The molecular formula is C13H19NO2S. The second kappa shape index (κ2) is 5.56. The molecule has 17 heavy (non-hydrogen) atoms. The molecule has 3 nitrogen and oxygen atoms in total. The minimum atomic E-state index is -0.888. The maximum absolute atomic E-state index is 11.9. The maximum Gasteiger partial charge on any atom is 0.251 e. The highest BCUT2D eigenvalue weighted by Crippen LogP contribution is 2.19. The molecule has 1 aromatic rings. The van der Waals surface area contributed by atoms with Gasteiger partial charge in [0.15, 0.2) is 0 Å². The lowest BCUT2D eigenvalue weighted by Gasteiger charge is -2.18. The zero-order valence-electron chi connectivity index (χ0n) is 10.7. The van der Waals surface area contributed by atoms with E-state index in [2.05, 4.69) is 5.32 Å². The van der Waals surface area contributed by atoms with E-state index in [9.17, 15) is 9.90 Å². The predicted octanol–water partition coefficient (Wildman–Crippen LogP) is 2.22. The van der Waals surface area contributed by atoms with Crippen molar-refractivity contribution in [2.75, 3.05) is 12.8 Å². The lowest BCUT2D eigenvalue weighted by molar-refractivity contribution is 0.0694. The molecule has 1 aromatic carbocycles. The van der Waals surface area contributed by atoms with Crippen LogP contribution in [0.1, 0.15) is 29.8 Å². The summed E-state index contributed by atoms with van der Waals surface area (Å²) in [6, 6.07) is 5.80. The van der Waals surface area contributed by atoms with Crippen molar-refractivity contribution in [1.82, 2.24) is 5.32 Å². The summed E-state index contributed by atoms with van der Waals surface area (Å²) < 4.78 is 0. The van der Waals surface area contributed by atoms with Gasteiger partial charge in [-0.25, -0.2) is 0 Å². The Morgan fingerprint density at radius 3 is 2.65 bits per heavy atom. The molecule has 0 aliphatic carbocycles. The summed E-state index contributed by atoms with van der Waals surface area (Å²) in [5.41, 5.74) is 0.720. The van der Waals surface area contributed by atoms with E-state index in [0.29, 0.717) is 5.56 Å². The van der Waals surface area contributed by atoms with Gasteiger partial charge in [0.05, 0.1) is 5.60 Å². The molecule has 4 heteroatoms. The number of hydrogen-bond donors (Lipinski definition) is 2. The number of amides is 1. The van der Waals surface area contributed by atoms with Crippen LogP contribution >= 0.6 is 11.8 Å². The largest absolute Gasteiger partial charge is 0.389 e. The quantitative estimate of drug-likeness (QED) is 0.809. The first-order valence-corrected chi connectivity index (χ1v) is 6.71. The van der Waals surface area contributed by atoms with Crippen molar-refractivity contribution in [1.29, 1.82) is 0 Å². The van der Waals surface area contributed by atoms with Crippen LogP contribution in [0.25, 0.3) is 0 Å². The monoisotopic (exact) mass is 253 g/mol. The van der Waals surface area contributed by atoms with Gasteiger partial charge < -0.3 is 10.4 Å². The Balaban J connectivity index is 2.81. The van der Waals surface area contributed by atoms with E-state index in [-0.39, 0.29) is 12.5 Å². The van der Waals surface area contributed by atoms with E-state index in [4.69, 9.17) is 0 Å². The number of carbonyl (C=O) groups excluding carboxylic acids is 1. The molecule has 0 fully saturated rings. The summed E-state index contributed by atoms with van der Waals surface area (Å²) in [6.45, 7) is 5.48. The van der Waals surface area contributed by atoms with E-state index in [1.807, 2.05) is 31.4 Å². The van der Waals surface area contributed by atoms with Crippen LogP contribution < -0.4 is 5.32 Å². The smallest absolute Gasteiger partial charge is 0.251 e. The Morgan fingerprint density at radius 1 is 1.47 bits per heavy atom. The minimum absolute atomic E-state index is 0.138. The lowest BCUT2D eigenvalue weighted by Crippen LogP contribution is -2.38. The summed E-state index contributed by atoms with van der Waals surface area (Å²) in [5.74, 6) is -0.138. The molecular weight excluding hydrogens is 234 g/mol. The highest BCUT2D eigenvalue weighted by Gasteiger charge is 2.16. The van der Waals surface area contributed by atoms with Crippen LogP contribution in [0.3, 0.4) is 0 Å². The number of aryl methyl sites for hydroxylation is 1. The van der Waals surface area contributed by atoms with Gasteiger partial charge in [-0.15, -0.1) is 11.8 Å². The van der Waals surface area contributed by atoms with Gasteiger partial charge in [0.25, 0.3) is 5.91 Å². The molecule has 0 aromatic heterocycles. The molecule has 0 bridgehead atoms. The van der Waals surface area contributed by atoms with Crippen molar-refractivity contribution in [2.45, 2.75) is 31.3 Å². The number of benzene rings is 1. The number of hydrogen-bond acceptors (Lipinski definition) is 3. The van der Waals surface area contributed by atoms with Crippen molar-refractivity contribution >= 4 is 17.7 Å². The molecule has 0 spiro atoms. The fourth-order valence-electron chi connectivity index (χ4n) is 1.36. The first kappa shape index (κ1) is 14.1. The molecule has 0 atom stereocenters. The summed E-state index contributed by atoms with van der Waals surface area (Å²) in [6.07, 6.45) is 1.98. The van der Waals surface area contributed by atoms with Crippen LogP contribution in [0.15, 0.2) is 23.1 Å². The van der Waals surface area contributed by atoms with Gasteiger partial charge in [-0.1, -0.05) is 6.07 Å². The number of thioether (sulfide) groups is 1. The molecule has 2 N–H and O–H groups in total. The van der Waals surface area contributed by atoms with E-state index < -0.39 is 5.60 Å². The standard InChI is InChI=1S/C13H19NO2S/c1-9-5-6-10(17-4)7-11(9)12(15)14-8-13(2,3)16/h5-7,16H,8H2,1-4H3,(H,14,15). The Morgan fingerprint density at radius 2 is 2.12 bits per heavy atom. The van der Waals surface area contributed by atoms with E-state index in [1.54, 1.807) is 25.6 Å². The Kier molecular flexibility index (Phi) is 4.60. The average molecular weight is 253 g/mol. The average Bonchev–Trinajstić information content (AvgIpc) is 2.25. The van der Waals surface area contributed by atoms with Gasteiger partial charge in [-0.3, -0.25) is 4.79 Å². The molecule has 0 heterocycles. The fourth-order valence-corrected chi connectivity index (χ4v) is 1.80. The van der Waals surface area contributed by atoms with Crippen molar-refractivity contribution in [3.8, 4) is 0 Å². The van der Waals surface area contributed by atoms with Gasteiger partial charge >= 0.3 is 0 Å². The Labute approximate surface area is 107 Å². The van der Waals surface area contributed by atoms with Crippen molar-refractivity contribution in [3.05, 3.63) is 29.3 Å². The summed E-state index contributed by atoms with van der Waals surface area (Å²) in [4.78, 5) is 13.0. The summed E-state index contributed by atoms with van der Waals surface area (Å²) in [7, 11) is 0. The van der Waals surface area contributed by atoms with Gasteiger partial charge in [0, 0.05) is 17.0 Å². The van der Waals surface area contributed by atoms with E-state index in [1.165, 1.54) is 0 Å². The Hall–Kier alpha value is -1.00. The number of carbonyl (C=O) groups is 1. The fraction of sp³-hybridized carbons (Fsp3) is 0.462. The SMILES string of the molecule is CSc1ccc(C)c(C(=O)NCC(C)(C)O)c1.